The van der Waals surface area contributed by atoms with Crippen LogP contribution < -0.4 is 0 Å². The molecule has 4 heteroatoms. The molecule has 0 aliphatic heterocycles. The molecular weight excluding hydrogens is 421 g/mol. The molecule has 3 aromatic rings. The van der Waals surface area contributed by atoms with E-state index >= 15 is 0 Å². The number of fused-ring (bicyclic) bond motifs is 1. The second-order valence-electron chi connectivity index (χ2n) is 7.13. The Hall–Kier alpha value is -1.51. The van der Waals surface area contributed by atoms with Crippen LogP contribution in [0, 0.1) is 0 Å². The summed E-state index contributed by atoms with van der Waals surface area (Å²) in [5.41, 5.74) is 6.05. The molecule has 0 heterocycles. The number of benzene rings is 3. The zero-order valence-electron chi connectivity index (χ0n) is 15.9. The van der Waals surface area contributed by atoms with Crippen molar-refractivity contribution in [1.29, 1.82) is 0 Å². The first-order valence-corrected chi connectivity index (χ1v) is 13.5. The number of nitrogens with zero attached hydrogens (tertiary/aromatic N) is 1. The molecular formula is C24H22Cl2NTi-. The standard InChI is InChI=1S/C24H22N.2ClH.Ti/c1-24(2,25-19-11-4-3-5-12-19)23-15-9-8-14-22(23)21-17-16-18-10-6-7-13-20(18)21;;;/h3-17,21H,1-2H3;2*1H;/q-1;;;+2/p-2. The van der Waals surface area contributed by atoms with Crippen molar-refractivity contribution in [1.82, 2.24) is 0 Å². The Balaban J connectivity index is 0.000000706. The van der Waals surface area contributed by atoms with Crippen LogP contribution in [0.3, 0.4) is 0 Å². The Bertz CT molecular complexity index is 938. The molecule has 0 spiro atoms. The van der Waals surface area contributed by atoms with Gasteiger partial charge in [-0.05, 0) is 16.7 Å². The quantitative estimate of drug-likeness (QED) is 0.361. The number of rotatable bonds is 4. The third kappa shape index (κ3) is 4.91. The van der Waals surface area contributed by atoms with E-state index in [1.807, 2.05) is 18.2 Å². The van der Waals surface area contributed by atoms with E-state index in [0.29, 0.717) is 5.92 Å². The van der Waals surface area contributed by atoms with Crippen LogP contribution in [0.5, 0.6) is 0 Å². The second kappa shape index (κ2) is 9.81. The van der Waals surface area contributed by atoms with Crippen molar-refractivity contribution in [2.75, 3.05) is 0 Å². The second-order valence-corrected chi connectivity index (χ2v) is 9.71. The average molecular weight is 443 g/mol. The first-order chi connectivity index (χ1) is 13.6. The molecule has 142 valence electrons. The Morgan fingerprint density at radius 1 is 0.786 bits per heavy atom. The summed E-state index contributed by atoms with van der Waals surface area (Å²) in [6.45, 7) is 4.40. The molecule has 0 amide bonds. The average Bonchev–Trinajstić information content (AvgIpc) is 3.13. The van der Waals surface area contributed by atoms with Gasteiger partial charge in [-0.2, -0.15) is 0 Å². The summed E-state index contributed by atoms with van der Waals surface area (Å²) in [4.78, 5) is 0. The fourth-order valence-corrected chi connectivity index (χ4v) is 3.73. The first kappa shape index (κ1) is 21.2. The van der Waals surface area contributed by atoms with E-state index in [0.717, 1.165) is 5.69 Å². The van der Waals surface area contributed by atoms with E-state index in [-0.39, 0.29) is 5.54 Å². The topological polar surface area (TPSA) is 14.1 Å². The van der Waals surface area contributed by atoms with Crippen LogP contribution in [-0.4, -0.2) is 0 Å². The van der Waals surface area contributed by atoms with Crippen LogP contribution in [-0.2, 0) is 22.6 Å². The van der Waals surface area contributed by atoms with Crippen molar-refractivity contribution < 1.29 is 17.0 Å². The van der Waals surface area contributed by atoms with E-state index < -0.39 is 17.0 Å². The van der Waals surface area contributed by atoms with Crippen LogP contribution >= 0.6 is 18.6 Å². The molecule has 4 rings (SSSR count). The first-order valence-electron chi connectivity index (χ1n) is 9.17. The number of hydrogen-bond donors (Lipinski definition) is 0. The summed E-state index contributed by atoms with van der Waals surface area (Å²) in [7, 11) is 9.78. The SMILES string of the molecule is CC(C)([N-]c1ccccc1)c1ccccc1C1C=Cc2ccccc21.[Cl][Ti][Cl]. The van der Waals surface area contributed by atoms with Crippen LogP contribution in [0.1, 0.15) is 42.0 Å². The van der Waals surface area contributed by atoms with Gasteiger partial charge in [0.25, 0.3) is 0 Å². The van der Waals surface area contributed by atoms with Gasteiger partial charge in [-0.15, -0.1) is 5.69 Å². The van der Waals surface area contributed by atoms with Crippen molar-refractivity contribution in [3.63, 3.8) is 0 Å². The zero-order valence-corrected chi connectivity index (χ0v) is 19.0. The van der Waals surface area contributed by atoms with Gasteiger partial charge in [0.05, 0.1) is 0 Å². The van der Waals surface area contributed by atoms with E-state index in [1.165, 1.54) is 22.3 Å². The van der Waals surface area contributed by atoms with Crippen LogP contribution in [0.15, 0.2) is 84.9 Å². The molecule has 0 saturated carbocycles. The Kier molecular flexibility index (Phi) is 7.43. The Morgan fingerprint density at radius 3 is 2.07 bits per heavy atom. The fourth-order valence-electron chi connectivity index (χ4n) is 3.73. The predicted octanol–water partition coefficient (Wildman–Crippen LogP) is 8.16. The van der Waals surface area contributed by atoms with Crippen molar-refractivity contribution >= 4 is 30.4 Å². The zero-order chi connectivity index (χ0) is 20.0. The van der Waals surface area contributed by atoms with E-state index in [1.54, 1.807) is 0 Å². The molecule has 28 heavy (non-hydrogen) atoms. The molecule has 0 bridgehead atoms. The van der Waals surface area contributed by atoms with Gasteiger partial charge in [-0.1, -0.05) is 116 Å². The fraction of sp³-hybridized carbons (Fsp3) is 0.167. The van der Waals surface area contributed by atoms with Gasteiger partial charge in [0.2, 0.25) is 0 Å². The maximum atomic E-state index is 5.03. The van der Waals surface area contributed by atoms with E-state index in [2.05, 4.69) is 86.7 Å². The maximum absolute atomic E-state index is 5.03. The molecule has 1 nitrogen and oxygen atoms in total. The Labute approximate surface area is 184 Å². The van der Waals surface area contributed by atoms with Gasteiger partial charge >= 0.3 is 35.6 Å². The van der Waals surface area contributed by atoms with Crippen molar-refractivity contribution in [2.24, 2.45) is 0 Å². The monoisotopic (exact) mass is 442 g/mol. The summed E-state index contributed by atoms with van der Waals surface area (Å²) in [6.07, 6.45) is 4.54. The van der Waals surface area contributed by atoms with Crippen LogP contribution in [0.25, 0.3) is 11.4 Å². The van der Waals surface area contributed by atoms with E-state index in [9.17, 15) is 0 Å². The summed E-state index contributed by atoms with van der Waals surface area (Å²) in [6, 6.07) is 27.6. The number of para-hydroxylation sites is 1. The molecule has 0 aromatic heterocycles. The van der Waals surface area contributed by atoms with Gasteiger partial charge in [0.1, 0.15) is 0 Å². The molecule has 0 saturated heterocycles. The molecule has 1 aliphatic rings. The number of allylic oxidation sites excluding steroid dienone is 1. The molecule has 0 radical (unpaired) electrons. The molecule has 1 unspecified atom stereocenters. The van der Waals surface area contributed by atoms with Gasteiger partial charge in [0, 0.05) is 5.92 Å². The third-order valence-electron chi connectivity index (χ3n) is 4.92. The van der Waals surface area contributed by atoms with Gasteiger partial charge in [-0.3, -0.25) is 0 Å². The molecule has 0 N–H and O–H groups in total. The van der Waals surface area contributed by atoms with Crippen molar-refractivity contribution in [3.8, 4) is 0 Å². The van der Waals surface area contributed by atoms with Gasteiger partial charge in [-0.25, -0.2) is 0 Å². The van der Waals surface area contributed by atoms with Crippen LogP contribution in [0.4, 0.5) is 5.69 Å². The molecule has 3 aromatic carbocycles. The predicted molar refractivity (Wildman–Crippen MR) is 118 cm³/mol. The van der Waals surface area contributed by atoms with Crippen LogP contribution in [0.2, 0.25) is 0 Å². The molecule has 1 atom stereocenters. The minimum atomic E-state index is -0.556. The summed E-state index contributed by atoms with van der Waals surface area (Å²) >= 11 is -0.556. The van der Waals surface area contributed by atoms with Crippen molar-refractivity contribution in [3.05, 3.63) is 113 Å². The minimum absolute atomic E-state index is 0.288. The van der Waals surface area contributed by atoms with E-state index in [4.69, 9.17) is 23.9 Å². The summed E-state index contributed by atoms with van der Waals surface area (Å²) in [5.74, 6) is 0.303. The number of hydrogen-bond acceptors (Lipinski definition) is 0. The summed E-state index contributed by atoms with van der Waals surface area (Å²) < 4.78 is 0. The summed E-state index contributed by atoms with van der Waals surface area (Å²) in [5, 5.41) is 5.03. The van der Waals surface area contributed by atoms with Gasteiger partial charge < -0.3 is 5.32 Å². The third-order valence-corrected chi connectivity index (χ3v) is 4.92. The van der Waals surface area contributed by atoms with Crippen molar-refractivity contribution in [2.45, 2.75) is 25.3 Å². The molecule has 1 aliphatic carbocycles. The number of halogens is 2. The Morgan fingerprint density at radius 2 is 1.36 bits per heavy atom. The molecule has 0 fully saturated rings. The normalized spacial score (nSPS) is 14.6. The van der Waals surface area contributed by atoms with Gasteiger partial charge in [0.15, 0.2) is 0 Å².